The second-order valence-corrected chi connectivity index (χ2v) is 9.32. The van der Waals surface area contributed by atoms with Crippen molar-refractivity contribution in [2.24, 2.45) is 5.92 Å². The zero-order valence-corrected chi connectivity index (χ0v) is 15.0. The molecular weight excluding hydrogens is 383 g/mol. The average molecular weight is 401 g/mol. The maximum absolute atomic E-state index is 12.4. The van der Waals surface area contributed by atoms with Crippen molar-refractivity contribution in [3.63, 3.8) is 0 Å². The minimum atomic E-state index is -4.22. The Labute approximate surface area is 146 Å². The summed E-state index contributed by atoms with van der Waals surface area (Å²) in [7, 11) is -3.54. The second-order valence-electron chi connectivity index (χ2n) is 6.02. The molecule has 1 aliphatic heterocycles. The van der Waals surface area contributed by atoms with Crippen molar-refractivity contribution in [3.8, 4) is 0 Å². The molecule has 2 rings (SSSR count). The lowest BCUT2D eigenvalue weighted by Gasteiger charge is -2.32. The van der Waals surface area contributed by atoms with Crippen molar-refractivity contribution in [2.75, 3.05) is 37.8 Å². The van der Waals surface area contributed by atoms with Crippen LogP contribution in [0.2, 0.25) is 0 Å². The number of alkyl halides is 3. The van der Waals surface area contributed by atoms with Gasteiger partial charge in [0, 0.05) is 18.9 Å². The highest BCUT2D eigenvalue weighted by Crippen LogP contribution is 2.37. The fourth-order valence-corrected chi connectivity index (χ4v) is 4.59. The van der Waals surface area contributed by atoms with Crippen LogP contribution >= 0.6 is 11.3 Å². The Morgan fingerprint density at radius 3 is 2.48 bits per heavy atom. The number of rotatable bonds is 6. The highest BCUT2D eigenvalue weighted by molar-refractivity contribution is 7.92. The van der Waals surface area contributed by atoms with E-state index < -0.39 is 27.5 Å². The summed E-state index contributed by atoms with van der Waals surface area (Å²) in [5.74, 6) is 0.0767. The van der Waals surface area contributed by atoms with Crippen LogP contribution in [-0.2, 0) is 9.84 Å². The van der Waals surface area contributed by atoms with Gasteiger partial charge >= 0.3 is 11.9 Å². The third-order valence-corrected chi connectivity index (χ3v) is 6.80. The van der Waals surface area contributed by atoms with Gasteiger partial charge in [-0.3, -0.25) is 15.0 Å². The molecule has 0 unspecified atom stereocenters. The third-order valence-electron chi connectivity index (χ3n) is 3.91. The van der Waals surface area contributed by atoms with Crippen LogP contribution in [0.4, 0.5) is 23.9 Å². The van der Waals surface area contributed by atoms with Crippen molar-refractivity contribution in [3.05, 3.63) is 16.2 Å². The molecule has 0 aromatic carbocycles. The lowest BCUT2D eigenvalue weighted by molar-refractivity contribution is -0.383. The standard InChI is InChI=1S/C13H18F3N3O4S2/c1-25(22,23)11-6-10(19(20)21)12(24-11)17-7-9-2-4-18(5-3-9)8-13(14,15)16/h6,9,17H,2-5,7-8H2,1H3. The molecule has 1 N–H and O–H groups in total. The highest BCUT2D eigenvalue weighted by Gasteiger charge is 2.32. The quantitative estimate of drug-likeness (QED) is 0.582. The molecule has 142 valence electrons. The third kappa shape index (κ3) is 5.82. The first-order chi connectivity index (χ1) is 11.5. The number of halogens is 3. The lowest BCUT2D eigenvalue weighted by atomic mass is 9.97. The van der Waals surface area contributed by atoms with Gasteiger partial charge in [-0.25, -0.2) is 8.42 Å². The molecule has 25 heavy (non-hydrogen) atoms. The normalized spacial score (nSPS) is 17.6. The number of likely N-dealkylation sites (tertiary alicyclic amines) is 1. The summed E-state index contributed by atoms with van der Waals surface area (Å²) in [6.45, 7) is 0.0473. The summed E-state index contributed by atoms with van der Waals surface area (Å²) >= 11 is 0.792. The molecule has 1 aromatic heterocycles. The number of piperidine rings is 1. The molecule has 0 amide bonds. The van der Waals surface area contributed by atoms with E-state index in [2.05, 4.69) is 5.32 Å². The van der Waals surface area contributed by atoms with Crippen molar-refractivity contribution in [1.29, 1.82) is 0 Å². The fourth-order valence-electron chi connectivity index (χ4n) is 2.64. The maximum Gasteiger partial charge on any atom is 0.401 e. The van der Waals surface area contributed by atoms with Crippen LogP contribution in [0.1, 0.15) is 12.8 Å². The van der Waals surface area contributed by atoms with E-state index in [1.807, 2.05) is 0 Å². The monoisotopic (exact) mass is 401 g/mol. The number of thiophene rings is 1. The van der Waals surface area contributed by atoms with E-state index in [0.717, 1.165) is 23.7 Å². The van der Waals surface area contributed by atoms with Gasteiger partial charge in [-0.2, -0.15) is 13.2 Å². The van der Waals surface area contributed by atoms with Gasteiger partial charge in [0.25, 0.3) is 0 Å². The average Bonchev–Trinajstić information content (AvgIpc) is 2.89. The number of hydrogen-bond donors (Lipinski definition) is 1. The van der Waals surface area contributed by atoms with E-state index in [0.29, 0.717) is 32.5 Å². The zero-order valence-electron chi connectivity index (χ0n) is 13.4. The SMILES string of the molecule is CS(=O)(=O)c1cc([N+](=O)[O-])c(NCC2CCN(CC(F)(F)F)CC2)s1. The van der Waals surface area contributed by atoms with Gasteiger partial charge in [0.05, 0.1) is 11.5 Å². The number of nitrogens with one attached hydrogen (secondary N) is 1. The summed E-state index contributed by atoms with van der Waals surface area (Å²) in [6.07, 6.45) is -2.16. The van der Waals surface area contributed by atoms with Gasteiger partial charge < -0.3 is 5.32 Å². The zero-order chi connectivity index (χ0) is 18.8. The fraction of sp³-hybridized carbons (Fsp3) is 0.692. The molecule has 1 aromatic rings. The van der Waals surface area contributed by atoms with E-state index in [1.54, 1.807) is 0 Å². The highest BCUT2D eigenvalue weighted by atomic mass is 32.2. The van der Waals surface area contributed by atoms with Crippen LogP contribution in [0.3, 0.4) is 0 Å². The smallest absolute Gasteiger partial charge is 0.371 e. The number of nitro groups is 1. The molecule has 0 radical (unpaired) electrons. The summed E-state index contributed by atoms with van der Waals surface area (Å²) < 4.78 is 60.1. The minimum Gasteiger partial charge on any atom is -0.371 e. The summed E-state index contributed by atoms with van der Waals surface area (Å²) in [4.78, 5) is 11.7. The summed E-state index contributed by atoms with van der Waals surface area (Å²) in [6, 6.07) is 1.02. The van der Waals surface area contributed by atoms with Crippen LogP contribution in [0.15, 0.2) is 10.3 Å². The number of sulfone groups is 1. The predicted molar refractivity (Wildman–Crippen MR) is 87.8 cm³/mol. The topological polar surface area (TPSA) is 92.5 Å². The molecule has 2 heterocycles. The van der Waals surface area contributed by atoms with E-state index in [-0.39, 0.29) is 20.8 Å². The first-order valence-corrected chi connectivity index (χ1v) is 10.2. The predicted octanol–water partition coefficient (Wildman–Crippen LogP) is 2.75. The van der Waals surface area contributed by atoms with Crippen LogP contribution < -0.4 is 5.32 Å². The van der Waals surface area contributed by atoms with Gasteiger partial charge in [0.2, 0.25) is 0 Å². The molecule has 7 nitrogen and oxygen atoms in total. The molecule has 0 atom stereocenters. The molecule has 0 aliphatic carbocycles. The van der Waals surface area contributed by atoms with Crippen molar-refractivity contribution in [2.45, 2.75) is 23.2 Å². The molecule has 1 saturated heterocycles. The van der Waals surface area contributed by atoms with E-state index >= 15 is 0 Å². The van der Waals surface area contributed by atoms with Gasteiger partial charge in [0.1, 0.15) is 4.21 Å². The first-order valence-electron chi connectivity index (χ1n) is 7.47. The molecule has 0 spiro atoms. The van der Waals surface area contributed by atoms with Crippen molar-refractivity contribution >= 4 is 31.9 Å². The Morgan fingerprint density at radius 2 is 2.00 bits per heavy atom. The van der Waals surface area contributed by atoms with Crippen LogP contribution in [0.25, 0.3) is 0 Å². The van der Waals surface area contributed by atoms with Gasteiger partial charge in [-0.15, -0.1) is 0 Å². The first kappa shape index (κ1) is 19.9. The Hall–Kier alpha value is -1.40. The van der Waals surface area contributed by atoms with Crippen molar-refractivity contribution in [1.82, 2.24) is 4.90 Å². The lowest BCUT2D eigenvalue weighted by Crippen LogP contribution is -2.41. The second kappa shape index (κ2) is 7.46. The maximum atomic E-state index is 12.4. The number of hydrogen-bond acceptors (Lipinski definition) is 7. The van der Waals surface area contributed by atoms with Gasteiger partial charge in [-0.05, 0) is 31.8 Å². The molecule has 0 bridgehead atoms. The van der Waals surface area contributed by atoms with E-state index in [9.17, 15) is 31.7 Å². The molecule has 0 saturated carbocycles. The van der Waals surface area contributed by atoms with Crippen LogP contribution in [-0.4, -0.2) is 56.9 Å². The van der Waals surface area contributed by atoms with Gasteiger partial charge in [0.15, 0.2) is 14.8 Å². The van der Waals surface area contributed by atoms with E-state index in [4.69, 9.17) is 0 Å². The number of nitrogens with zero attached hydrogens (tertiary/aromatic N) is 2. The largest absolute Gasteiger partial charge is 0.401 e. The minimum absolute atomic E-state index is 0.0767. The van der Waals surface area contributed by atoms with Gasteiger partial charge in [-0.1, -0.05) is 11.3 Å². The van der Waals surface area contributed by atoms with Crippen molar-refractivity contribution < 1.29 is 26.5 Å². The Balaban J connectivity index is 1.94. The molecule has 1 aliphatic rings. The van der Waals surface area contributed by atoms with Crippen LogP contribution in [0, 0.1) is 16.0 Å². The Morgan fingerprint density at radius 1 is 1.40 bits per heavy atom. The summed E-state index contributed by atoms with van der Waals surface area (Å²) in [5.41, 5.74) is -0.306. The number of anilines is 1. The van der Waals surface area contributed by atoms with E-state index in [1.165, 1.54) is 4.90 Å². The molecule has 12 heteroatoms. The Kier molecular flexibility index (Phi) is 5.94. The van der Waals surface area contributed by atoms with Crippen LogP contribution in [0.5, 0.6) is 0 Å². The molecule has 1 fully saturated rings. The Bertz CT molecular complexity index is 725. The summed E-state index contributed by atoms with van der Waals surface area (Å²) in [5, 5.41) is 14.1. The molecular formula is C13H18F3N3O4S2.